The van der Waals surface area contributed by atoms with Crippen LogP contribution in [0.15, 0.2) is 48.5 Å². The lowest BCUT2D eigenvalue weighted by atomic mass is 10.2. The number of hydrogen-bond donors (Lipinski definition) is 1. The van der Waals surface area contributed by atoms with E-state index in [0.29, 0.717) is 6.54 Å². The first-order valence-electron chi connectivity index (χ1n) is 11.0. The van der Waals surface area contributed by atoms with Crippen molar-refractivity contribution in [2.75, 3.05) is 18.4 Å². The molecule has 1 N–H and O–H groups in total. The first kappa shape index (κ1) is 20.8. The second kappa shape index (κ2) is 8.48. The van der Waals surface area contributed by atoms with E-state index in [-0.39, 0.29) is 11.9 Å². The molecule has 4 aromatic rings. The van der Waals surface area contributed by atoms with E-state index < -0.39 is 0 Å². The Hall–Kier alpha value is -3.03. The highest BCUT2D eigenvalue weighted by Gasteiger charge is 2.30. The summed E-state index contributed by atoms with van der Waals surface area (Å²) in [6, 6.07) is 16.7. The number of carbonyl (C=O) groups excluding carboxylic acids is 1. The van der Waals surface area contributed by atoms with Gasteiger partial charge in [0.15, 0.2) is 0 Å². The minimum atomic E-state index is -0.00679. The average Bonchev–Trinajstić information content (AvgIpc) is 3.48. The van der Waals surface area contributed by atoms with Crippen LogP contribution in [0.1, 0.15) is 40.8 Å². The van der Waals surface area contributed by atoms with Crippen LogP contribution in [0.2, 0.25) is 0 Å². The molecule has 7 heteroatoms. The molecule has 1 amide bonds. The van der Waals surface area contributed by atoms with Gasteiger partial charge in [0.2, 0.25) is 5.91 Å². The van der Waals surface area contributed by atoms with Gasteiger partial charge in [0.1, 0.15) is 5.01 Å². The summed E-state index contributed by atoms with van der Waals surface area (Å²) in [4.78, 5) is 20.1. The van der Waals surface area contributed by atoms with Gasteiger partial charge in [-0.15, -0.1) is 11.3 Å². The molecule has 1 aliphatic heterocycles. The molecule has 1 aliphatic rings. The lowest BCUT2D eigenvalue weighted by molar-refractivity contribution is -0.117. The highest BCUT2D eigenvalue weighted by molar-refractivity contribution is 7.18. The van der Waals surface area contributed by atoms with Crippen LogP contribution in [-0.4, -0.2) is 38.7 Å². The van der Waals surface area contributed by atoms with Crippen LogP contribution in [0.25, 0.3) is 15.9 Å². The van der Waals surface area contributed by atoms with E-state index in [1.807, 2.05) is 42.8 Å². The van der Waals surface area contributed by atoms with Crippen LogP contribution in [-0.2, 0) is 4.79 Å². The fraction of sp³-hybridized carbons (Fsp3) is 0.320. The molecular formula is C25H27N5OS. The maximum absolute atomic E-state index is 13.0. The number of carbonyl (C=O) groups is 1. The van der Waals surface area contributed by atoms with E-state index in [0.717, 1.165) is 52.7 Å². The van der Waals surface area contributed by atoms with Crippen LogP contribution in [0.5, 0.6) is 0 Å². The van der Waals surface area contributed by atoms with Gasteiger partial charge in [-0.05, 0) is 64.4 Å². The Bertz CT molecular complexity index is 1240. The van der Waals surface area contributed by atoms with Crippen LogP contribution >= 0.6 is 11.3 Å². The fourth-order valence-corrected chi connectivity index (χ4v) is 5.59. The van der Waals surface area contributed by atoms with Crippen LogP contribution in [0.3, 0.4) is 0 Å². The number of aromatic nitrogens is 3. The highest BCUT2D eigenvalue weighted by atomic mass is 32.1. The maximum Gasteiger partial charge on any atom is 0.238 e. The highest BCUT2D eigenvalue weighted by Crippen LogP contribution is 2.36. The quantitative estimate of drug-likeness (QED) is 0.460. The molecule has 1 fully saturated rings. The number of hydrogen-bond acceptors (Lipinski definition) is 5. The lowest BCUT2D eigenvalue weighted by Crippen LogP contribution is -2.33. The third kappa shape index (κ3) is 3.94. The van der Waals surface area contributed by atoms with Crippen molar-refractivity contribution < 1.29 is 4.79 Å². The number of benzene rings is 2. The number of anilines is 1. The molecule has 0 saturated carbocycles. The summed E-state index contributed by atoms with van der Waals surface area (Å²) in [7, 11) is 0. The third-order valence-corrected chi connectivity index (χ3v) is 7.28. The second-order valence-corrected chi connectivity index (χ2v) is 9.55. The molecule has 1 atom stereocenters. The number of thiazole rings is 1. The fourth-order valence-electron chi connectivity index (χ4n) is 4.45. The van der Waals surface area contributed by atoms with E-state index in [2.05, 4.69) is 46.5 Å². The minimum Gasteiger partial charge on any atom is -0.322 e. The number of amides is 1. The monoisotopic (exact) mass is 445 g/mol. The number of nitrogens with one attached hydrogen (secondary N) is 1. The molecule has 0 spiro atoms. The summed E-state index contributed by atoms with van der Waals surface area (Å²) in [5, 5.41) is 8.89. The predicted octanol–water partition coefficient (Wildman–Crippen LogP) is 5.18. The first-order valence-corrected chi connectivity index (χ1v) is 11.8. The van der Waals surface area contributed by atoms with Crippen molar-refractivity contribution in [3.63, 3.8) is 0 Å². The van der Waals surface area contributed by atoms with Crippen molar-refractivity contribution in [2.45, 2.75) is 39.7 Å². The molecule has 2 aromatic heterocycles. The topological polar surface area (TPSA) is 63.1 Å². The van der Waals surface area contributed by atoms with Crippen molar-refractivity contribution in [3.05, 3.63) is 70.5 Å². The largest absolute Gasteiger partial charge is 0.322 e. The zero-order valence-corrected chi connectivity index (χ0v) is 19.4. The molecule has 0 bridgehead atoms. The summed E-state index contributed by atoms with van der Waals surface area (Å²) in [5.74, 6) is -0.00679. The van der Waals surface area contributed by atoms with Crippen molar-refractivity contribution in [1.82, 2.24) is 19.7 Å². The summed E-state index contributed by atoms with van der Waals surface area (Å²) in [6.07, 6.45) is 2.12. The smallest absolute Gasteiger partial charge is 0.238 e. The van der Waals surface area contributed by atoms with Gasteiger partial charge in [-0.2, -0.15) is 5.10 Å². The zero-order valence-electron chi connectivity index (χ0n) is 18.6. The van der Waals surface area contributed by atoms with Crippen molar-refractivity contribution in [3.8, 4) is 5.69 Å². The van der Waals surface area contributed by atoms with Crippen LogP contribution in [0.4, 0.5) is 5.69 Å². The van der Waals surface area contributed by atoms with E-state index in [1.165, 1.54) is 10.3 Å². The third-order valence-electron chi connectivity index (χ3n) is 6.14. The van der Waals surface area contributed by atoms with Crippen molar-refractivity contribution in [1.29, 1.82) is 0 Å². The molecule has 1 unspecified atom stereocenters. The molecule has 5 rings (SSSR count). The van der Waals surface area contributed by atoms with Gasteiger partial charge in [-0.25, -0.2) is 9.67 Å². The normalized spacial score (nSPS) is 16.7. The maximum atomic E-state index is 13.0. The molecule has 3 heterocycles. The minimum absolute atomic E-state index is 0.00679. The summed E-state index contributed by atoms with van der Waals surface area (Å²) in [5.41, 5.74) is 5.79. The number of fused-ring (bicyclic) bond motifs is 1. The molecule has 0 aliphatic carbocycles. The van der Waals surface area contributed by atoms with Crippen LogP contribution < -0.4 is 5.32 Å². The zero-order chi connectivity index (χ0) is 22.2. The Morgan fingerprint density at radius 3 is 2.69 bits per heavy atom. The molecule has 32 heavy (non-hydrogen) atoms. The summed E-state index contributed by atoms with van der Waals surface area (Å²) < 4.78 is 3.10. The van der Waals surface area contributed by atoms with Gasteiger partial charge in [-0.3, -0.25) is 9.69 Å². The van der Waals surface area contributed by atoms with Gasteiger partial charge >= 0.3 is 0 Å². The van der Waals surface area contributed by atoms with Crippen molar-refractivity contribution in [2.24, 2.45) is 0 Å². The van der Waals surface area contributed by atoms with Crippen LogP contribution in [0, 0.1) is 20.8 Å². The number of aryl methyl sites for hydroxylation is 2. The molecular weight excluding hydrogens is 418 g/mol. The first-order chi connectivity index (χ1) is 15.5. The Kier molecular flexibility index (Phi) is 5.53. The predicted molar refractivity (Wildman–Crippen MR) is 130 cm³/mol. The number of para-hydroxylation sites is 1. The Balaban J connectivity index is 1.31. The molecule has 164 valence electrons. The van der Waals surface area contributed by atoms with E-state index in [9.17, 15) is 4.79 Å². The van der Waals surface area contributed by atoms with E-state index in [1.54, 1.807) is 11.3 Å². The Labute approximate surface area is 191 Å². The van der Waals surface area contributed by atoms with Gasteiger partial charge in [0.05, 0.1) is 45.6 Å². The SMILES string of the molecule is Cc1ccc(-n2nc(C)c(NC(=O)CN3CCCC3c3nc4ccccc4s3)c2C)cc1. The second-order valence-electron chi connectivity index (χ2n) is 8.49. The Morgan fingerprint density at radius 2 is 1.91 bits per heavy atom. The van der Waals surface area contributed by atoms with Crippen molar-refractivity contribution >= 4 is 33.1 Å². The number of nitrogens with zero attached hydrogens (tertiary/aromatic N) is 4. The molecule has 1 saturated heterocycles. The number of likely N-dealkylation sites (tertiary alicyclic amines) is 1. The number of rotatable bonds is 5. The van der Waals surface area contributed by atoms with E-state index in [4.69, 9.17) is 4.98 Å². The standard InChI is InChI=1S/C25H27N5OS/c1-16-10-12-19(13-11-16)30-18(3)24(17(2)28-30)27-23(31)15-29-14-6-8-21(29)25-26-20-7-4-5-9-22(20)32-25/h4-5,7,9-13,21H,6,8,14-15H2,1-3H3,(H,27,31). The lowest BCUT2D eigenvalue weighted by Gasteiger charge is -2.22. The van der Waals surface area contributed by atoms with Gasteiger partial charge < -0.3 is 5.32 Å². The van der Waals surface area contributed by atoms with Gasteiger partial charge in [0.25, 0.3) is 0 Å². The molecule has 2 aromatic carbocycles. The van der Waals surface area contributed by atoms with Gasteiger partial charge in [0, 0.05) is 0 Å². The Morgan fingerprint density at radius 1 is 1.12 bits per heavy atom. The molecule has 0 radical (unpaired) electrons. The summed E-state index contributed by atoms with van der Waals surface area (Å²) >= 11 is 1.74. The average molecular weight is 446 g/mol. The summed E-state index contributed by atoms with van der Waals surface area (Å²) in [6.45, 7) is 7.27. The van der Waals surface area contributed by atoms with Gasteiger partial charge in [-0.1, -0.05) is 29.8 Å². The van der Waals surface area contributed by atoms with E-state index >= 15 is 0 Å². The molecule has 6 nitrogen and oxygen atoms in total.